The summed E-state index contributed by atoms with van der Waals surface area (Å²) in [6.07, 6.45) is 5.34. The molecule has 1 saturated carbocycles. The van der Waals surface area contributed by atoms with Crippen LogP contribution in [0.4, 0.5) is 0 Å². The molecule has 1 amide bonds. The summed E-state index contributed by atoms with van der Waals surface area (Å²) in [6.45, 7) is 1.83. The highest BCUT2D eigenvalue weighted by atomic mass is 32.2. The maximum Gasteiger partial charge on any atom is 0.252 e. The second-order valence-corrected chi connectivity index (χ2v) is 11.1. The molecule has 2 aliphatic rings. The Hall–Kier alpha value is -1.70. The Labute approximate surface area is 170 Å². The molecule has 28 heavy (non-hydrogen) atoms. The van der Waals surface area contributed by atoms with Gasteiger partial charge >= 0.3 is 0 Å². The molecule has 1 aromatic heterocycles. The van der Waals surface area contributed by atoms with Crippen molar-refractivity contribution in [3.05, 3.63) is 52.9 Å². The van der Waals surface area contributed by atoms with Crippen LogP contribution in [0, 0.1) is 0 Å². The van der Waals surface area contributed by atoms with Gasteiger partial charge in [-0.2, -0.15) is 4.31 Å². The third-order valence-corrected chi connectivity index (χ3v) is 9.20. The minimum Gasteiger partial charge on any atom is -0.355 e. The van der Waals surface area contributed by atoms with E-state index in [0.717, 1.165) is 37.0 Å². The smallest absolute Gasteiger partial charge is 0.252 e. The molecule has 0 radical (unpaired) electrons. The number of nitrogens with zero attached hydrogens (tertiary/aromatic N) is 1. The lowest BCUT2D eigenvalue weighted by atomic mass is 9.96. The van der Waals surface area contributed by atoms with E-state index < -0.39 is 10.0 Å². The first-order valence-corrected chi connectivity index (χ1v) is 12.2. The first kappa shape index (κ1) is 19.6. The Bertz CT molecular complexity index is 928. The summed E-state index contributed by atoms with van der Waals surface area (Å²) in [5.41, 5.74) is 1.36. The zero-order valence-corrected chi connectivity index (χ0v) is 17.5. The second-order valence-electron chi connectivity index (χ2n) is 7.79. The van der Waals surface area contributed by atoms with Gasteiger partial charge in [-0.25, -0.2) is 8.42 Å². The van der Waals surface area contributed by atoms with Crippen LogP contribution < -0.4 is 5.32 Å². The van der Waals surface area contributed by atoms with E-state index in [4.69, 9.17) is 0 Å². The molecule has 7 heteroatoms. The summed E-state index contributed by atoms with van der Waals surface area (Å²) >= 11 is 1.22. The van der Waals surface area contributed by atoms with E-state index in [1.807, 2.05) is 18.2 Å². The van der Waals surface area contributed by atoms with Gasteiger partial charge < -0.3 is 5.32 Å². The van der Waals surface area contributed by atoms with Gasteiger partial charge in [0.05, 0.1) is 6.42 Å². The number of carbonyl (C=O) groups is 1. The van der Waals surface area contributed by atoms with Crippen molar-refractivity contribution in [2.75, 3.05) is 19.6 Å². The highest BCUT2D eigenvalue weighted by Gasteiger charge is 2.44. The van der Waals surface area contributed by atoms with Crippen LogP contribution >= 0.6 is 11.3 Å². The van der Waals surface area contributed by atoms with Crippen LogP contribution in [0.25, 0.3) is 0 Å². The lowest BCUT2D eigenvalue weighted by Crippen LogP contribution is -2.35. The van der Waals surface area contributed by atoms with E-state index in [2.05, 4.69) is 17.4 Å². The van der Waals surface area contributed by atoms with Crippen LogP contribution in [0.1, 0.15) is 42.5 Å². The van der Waals surface area contributed by atoms with Gasteiger partial charge in [0.15, 0.2) is 0 Å². The van der Waals surface area contributed by atoms with E-state index in [1.54, 1.807) is 16.4 Å². The van der Waals surface area contributed by atoms with Gasteiger partial charge in [0.2, 0.25) is 5.91 Å². The van der Waals surface area contributed by atoms with E-state index in [0.29, 0.717) is 23.8 Å². The van der Waals surface area contributed by atoms with E-state index in [-0.39, 0.29) is 17.7 Å². The number of piperidine rings is 1. The standard InChI is InChI=1S/C21H26N2O3S2/c24-19(22-16-21(11-12-21)17-7-3-1-4-8-17)15-18-9-10-20(27-18)28(25,26)23-13-5-2-6-14-23/h1,3-4,7-10H,2,5-6,11-16H2,(H,22,24). The van der Waals surface area contributed by atoms with Crippen molar-refractivity contribution in [3.63, 3.8) is 0 Å². The van der Waals surface area contributed by atoms with Crippen molar-refractivity contribution in [1.29, 1.82) is 0 Å². The molecule has 1 aliphatic heterocycles. The SMILES string of the molecule is O=C(Cc1ccc(S(=O)(=O)N2CCCCC2)s1)NCC1(c2ccccc2)CC1. The van der Waals surface area contributed by atoms with Crippen LogP contribution in [0.5, 0.6) is 0 Å². The van der Waals surface area contributed by atoms with E-state index in [9.17, 15) is 13.2 Å². The Morgan fingerprint density at radius 2 is 1.75 bits per heavy atom. The maximum absolute atomic E-state index is 12.7. The Morgan fingerprint density at radius 3 is 2.43 bits per heavy atom. The number of hydrogen-bond acceptors (Lipinski definition) is 4. The first-order valence-electron chi connectivity index (χ1n) is 9.91. The lowest BCUT2D eigenvalue weighted by Gasteiger charge is -2.25. The van der Waals surface area contributed by atoms with Crippen LogP contribution in [0.15, 0.2) is 46.7 Å². The van der Waals surface area contributed by atoms with Crippen molar-refractivity contribution in [1.82, 2.24) is 9.62 Å². The van der Waals surface area contributed by atoms with Crippen molar-refractivity contribution >= 4 is 27.3 Å². The fourth-order valence-electron chi connectivity index (χ4n) is 3.82. The van der Waals surface area contributed by atoms with Crippen molar-refractivity contribution in [2.45, 2.75) is 48.1 Å². The summed E-state index contributed by atoms with van der Waals surface area (Å²) in [4.78, 5) is 13.2. The van der Waals surface area contributed by atoms with Gasteiger partial charge in [-0.3, -0.25) is 4.79 Å². The molecule has 2 heterocycles. The Kier molecular flexibility index (Phi) is 5.58. The molecule has 5 nitrogen and oxygen atoms in total. The van der Waals surface area contributed by atoms with E-state index >= 15 is 0 Å². The van der Waals surface area contributed by atoms with Crippen molar-refractivity contribution in [2.24, 2.45) is 0 Å². The number of amides is 1. The highest BCUT2D eigenvalue weighted by Crippen LogP contribution is 2.47. The van der Waals surface area contributed by atoms with Crippen molar-refractivity contribution in [3.8, 4) is 0 Å². The third kappa shape index (κ3) is 4.16. The topological polar surface area (TPSA) is 66.5 Å². The normalized spacial score (nSPS) is 19.3. The van der Waals surface area contributed by atoms with Gasteiger partial charge in [0.1, 0.15) is 4.21 Å². The lowest BCUT2D eigenvalue weighted by molar-refractivity contribution is -0.120. The number of sulfonamides is 1. The molecule has 0 bridgehead atoms. The van der Waals surface area contributed by atoms with Gasteiger partial charge in [-0.05, 0) is 43.4 Å². The van der Waals surface area contributed by atoms with Crippen LogP contribution in [0.3, 0.4) is 0 Å². The molecule has 1 N–H and O–H groups in total. The van der Waals surface area contributed by atoms with Gasteiger partial charge in [-0.1, -0.05) is 36.8 Å². The summed E-state index contributed by atoms with van der Waals surface area (Å²) in [5, 5.41) is 3.05. The number of benzene rings is 1. The second kappa shape index (κ2) is 7.97. The molecule has 4 rings (SSSR count). The largest absolute Gasteiger partial charge is 0.355 e. The monoisotopic (exact) mass is 418 g/mol. The molecule has 1 saturated heterocycles. The van der Waals surface area contributed by atoms with Crippen LogP contribution in [-0.2, 0) is 26.7 Å². The van der Waals surface area contributed by atoms with Gasteiger partial charge in [0.25, 0.3) is 10.0 Å². The zero-order chi connectivity index (χ0) is 19.6. The number of carbonyl (C=O) groups excluding carboxylic acids is 1. The fraction of sp³-hybridized carbons (Fsp3) is 0.476. The highest BCUT2D eigenvalue weighted by molar-refractivity contribution is 7.91. The molecule has 2 fully saturated rings. The summed E-state index contributed by atoms with van der Waals surface area (Å²) in [6, 6.07) is 13.7. The molecule has 0 atom stereocenters. The molecule has 0 unspecified atom stereocenters. The molecule has 150 valence electrons. The number of hydrogen-bond donors (Lipinski definition) is 1. The first-order chi connectivity index (χ1) is 13.5. The van der Waals surface area contributed by atoms with Crippen LogP contribution in [0.2, 0.25) is 0 Å². The summed E-state index contributed by atoms with van der Waals surface area (Å²) in [5.74, 6) is -0.0500. The fourth-order valence-corrected chi connectivity index (χ4v) is 6.85. The molecule has 0 spiro atoms. The number of rotatable bonds is 7. The maximum atomic E-state index is 12.7. The zero-order valence-electron chi connectivity index (χ0n) is 15.9. The predicted octanol–water partition coefficient (Wildman–Crippen LogP) is 3.31. The van der Waals surface area contributed by atoms with Crippen LogP contribution in [-0.4, -0.2) is 38.3 Å². The molecular formula is C21H26N2O3S2. The minimum absolute atomic E-state index is 0.0500. The average Bonchev–Trinajstić information content (AvgIpc) is 3.38. The third-order valence-electron chi connectivity index (χ3n) is 5.74. The van der Waals surface area contributed by atoms with Crippen molar-refractivity contribution < 1.29 is 13.2 Å². The molecule has 1 aromatic carbocycles. The quantitative estimate of drug-likeness (QED) is 0.750. The van der Waals surface area contributed by atoms with Gasteiger partial charge in [-0.15, -0.1) is 11.3 Å². The Morgan fingerprint density at radius 1 is 1.04 bits per heavy atom. The minimum atomic E-state index is -3.42. The Balaban J connectivity index is 1.34. The molecule has 2 aromatic rings. The average molecular weight is 419 g/mol. The van der Waals surface area contributed by atoms with E-state index in [1.165, 1.54) is 16.9 Å². The summed E-state index contributed by atoms with van der Waals surface area (Å²) < 4.78 is 27.4. The summed E-state index contributed by atoms with van der Waals surface area (Å²) in [7, 11) is -3.42. The number of thiophene rings is 1. The molecule has 1 aliphatic carbocycles. The number of nitrogens with one attached hydrogen (secondary N) is 1. The predicted molar refractivity (Wildman–Crippen MR) is 111 cm³/mol. The molecular weight excluding hydrogens is 392 g/mol. The van der Waals surface area contributed by atoms with Gasteiger partial charge in [0, 0.05) is 29.9 Å².